The topological polar surface area (TPSA) is 29.3 Å². The molecule has 0 aromatic heterocycles. The minimum absolute atomic E-state index is 0.681. The first-order valence-electron chi connectivity index (χ1n) is 3.91. The second-order valence-corrected chi connectivity index (χ2v) is 3.15. The molecule has 12 heavy (non-hydrogen) atoms. The second-order valence-electron chi connectivity index (χ2n) is 2.72. The Morgan fingerprint density at radius 3 is 2.67 bits per heavy atom. The van der Waals surface area contributed by atoms with Crippen LogP contribution in [-0.2, 0) is 0 Å². The fourth-order valence-corrected chi connectivity index (χ4v) is 1.22. The molecule has 0 fully saturated rings. The molecule has 2 N–H and O–H groups in total. The lowest BCUT2D eigenvalue weighted by atomic mass is 10.2. The predicted molar refractivity (Wildman–Crippen MR) is 54.8 cm³/mol. The van der Waals surface area contributed by atoms with Gasteiger partial charge in [0, 0.05) is 18.6 Å². The zero-order chi connectivity index (χ0) is 9.14. The molecule has 0 saturated carbocycles. The Kier molecular flexibility index (Phi) is 2.82. The summed E-state index contributed by atoms with van der Waals surface area (Å²) in [7, 11) is 2.00. The fraction of sp³-hybridized carbons (Fsp3) is 0.333. The van der Waals surface area contributed by atoms with Gasteiger partial charge in [0.15, 0.2) is 0 Å². The zero-order valence-electron chi connectivity index (χ0n) is 7.34. The van der Waals surface area contributed by atoms with E-state index in [9.17, 15) is 0 Å². The van der Waals surface area contributed by atoms with Gasteiger partial charge in [-0.3, -0.25) is 0 Å². The van der Waals surface area contributed by atoms with E-state index in [1.807, 2.05) is 19.2 Å². The predicted octanol–water partition coefficient (Wildman–Crippen LogP) is 2.38. The molecule has 0 atom stereocenters. The summed E-state index contributed by atoms with van der Waals surface area (Å²) in [5, 5.41) is 0.681. The third kappa shape index (κ3) is 1.83. The molecule has 1 rings (SSSR count). The highest BCUT2D eigenvalue weighted by Gasteiger charge is 2.02. The van der Waals surface area contributed by atoms with Crippen LogP contribution in [0.15, 0.2) is 18.2 Å². The summed E-state index contributed by atoms with van der Waals surface area (Å²) in [4.78, 5) is 2.08. The Balaban J connectivity index is 3.01. The van der Waals surface area contributed by atoms with E-state index in [0.29, 0.717) is 5.02 Å². The average Bonchev–Trinajstić information content (AvgIpc) is 2.03. The molecule has 3 heteroatoms. The number of nitrogen functional groups attached to an aromatic ring is 1. The highest BCUT2D eigenvalue weighted by atomic mass is 35.5. The van der Waals surface area contributed by atoms with Gasteiger partial charge < -0.3 is 10.6 Å². The lowest BCUT2D eigenvalue weighted by molar-refractivity contribution is 0.970. The van der Waals surface area contributed by atoms with Gasteiger partial charge in [-0.2, -0.15) is 0 Å². The molecule has 0 spiro atoms. The molecule has 0 radical (unpaired) electrons. The summed E-state index contributed by atoms with van der Waals surface area (Å²) in [6, 6.07) is 5.55. The SMILES string of the molecule is CCN(C)c1ccc(Cl)cc1N. The Morgan fingerprint density at radius 1 is 1.50 bits per heavy atom. The van der Waals surface area contributed by atoms with Crippen LogP contribution in [0.5, 0.6) is 0 Å². The summed E-state index contributed by atoms with van der Waals surface area (Å²) in [5.41, 5.74) is 7.53. The smallest absolute Gasteiger partial charge is 0.0598 e. The van der Waals surface area contributed by atoms with Gasteiger partial charge in [0.25, 0.3) is 0 Å². The van der Waals surface area contributed by atoms with Crippen LogP contribution in [0.3, 0.4) is 0 Å². The number of nitrogens with zero attached hydrogens (tertiary/aromatic N) is 1. The van der Waals surface area contributed by atoms with Crippen LogP contribution in [0.25, 0.3) is 0 Å². The first-order chi connectivity index (χ1) is 5.65. The summed E-state index contributed by atoms with van der Waals surface area (Å²) in [6.07, 6.45) is 0. The van der Waals surface area contributed by atoms with Crippen LogP contribution >= 0.6 is 11.6 Å². The van der Waals surface area contributed by atoms with Crippen molar-refractivity contribution in [2.45, 2.75) is 6.92 Å². The van der Waals surface area contributed by atoms with Crippen molar-refractivity contribution in [1.29, 1.82) is 0 Å². The van der Waals surface area contributed by atoms with Crippen molar-refractivity contribution in [3.63, 3.8) is 0 Å². The molecule has 0 heterocycles. The first kappa shape index (κ1) is 9.20. The summed E-state index contributed by atoms with van der Waals surface area (Å²) >= 11 is 5.77. The molecule has 0 aliphatic heterocycles. The maximum absolute atomic E-state index is 5.77. The Bertz CT molecular complexity index is 273. The van der Waals surface area contributed by atoms with E-state index in [1.165, 1.54) is 0 Å². The van der Waals surface area contributed by atoms with Crippen LogP contribution < -0.4 is 10.6 Å². The van der Waals surface area contributed by atoms with Gasteiger partial charge in [-0.15, -0.1) is 0 Å². The molecule has 0 saturated heterocycles. The molecule has 0 aliphatic rings. The van der Waals surface area contributed by atoms with Crippen LogP contribution in [0.4, 0.5) is 11.4 Å². The van der Waals surface area contributed by atoms with E-state index in [-0.39, 0.29) is 0 Å². The number of halogens is 1. The Hall–Kier alpha value is -0.890. The number of benzene rings is 1. The number of hydrogen-bond donors (Lipinski definition) is 1. The summed E-state index contributed by atoms with van der Waals surface area (Å²) in [5.74, 6) is 0. The van der Waals surface area contributed by atoms with Crippen molar-refractivity contribution in [3.8, 4) is 0 Å². The second kappa shape index (κ2) is 3.68. The third-order valence-electron chi connectivity index (χ3n) is 1.88. The van der Waals surface area contributed by atoms with E-state index < -0.39 is 0 Å². The molecule has 0 aliphatic carbocycles. The van der Waals surface area contributed by atoms with Crippen LogP contribution in [-0.4, -0.2) is 13.6 Å². The Labute approximate surface area is 77.9 Å². The monoisotopic (exact) mass is 184 g/mol. The number of nitrogens with two attached hydrogens (primary N) is 1. The molecule has 2 nitrogen and oxygen atoms in total. The van der Waals surface area contributed by atoms with Gasteiger partial charge in [0.2, 0.25) is 0 Å². The summed E-state index contributed by atoms with van der Waals surface area (Å²) < 4.78 is 0. The van der Waals surface area contributed by atoms with E-state index in [2.05, 4.69) is 11.8 Å². The fourth-order valence-electron chi connectivity index (χ4n) is 1.04. The number of rotatable bonds is 2. The number of anilines is 2. The maximum atomic E-state index is 5.77. The quantitative estimate of drug-likeness (QED) is 0.716. The van der Waals surface area contributed by atoms with Crippen molar-refractivity contribution in [2.75, 3.05) is 24.2 Å². The molecule has 1 aromatic rings. The van der Waals surface area contributed by atoms with E-state index in [4.69, 9.17) is 17.3 Å². The third-order valence-corrected chi connectivity index (χ3v) is 2.11. The van der Waals surface area contributed by atoms with Crippen molar-refractivity contribution in [3.05, 3.63) is 23.2 Å². The minimum atomic E-state index is 0.681. The highest BCUT2D eigenvalue weighted by molar-refractivity contribution is 6.31. The molecule has 1 aromatic carbocycles. The largest absolute Gasteiger partial charge is 0.397 e. The standard InChI is InChI=1S/C9H13ClN2/c1-3-12(2)9-5-4-7(10)6-8(9)11/h4-6H,3,11H2,1-2H3. The van der Waals surface area contributed by atoms with Crippen molar-refractivity contribution >= 4 is 23.0 Å². The summed E-state index contributed by atoms with van der Waals surface area (Å²) in [6.45, 7) is 3.01. The van der Waals surface area contributed by atoms with Gasteiger partial charge in [-0.25, -0.2) is 0 Å². The lowest BCUT2D eigenvalue weighted by Crippen LogP contribution is -2.17. The molecule has 0 amide bonds. The van der Waals surface area contributed by atoms with Crippen LogP contribution in [0.2, 0.25) is 5.02 Å². The van der Waals surface area contributed by atoms with Crippen LogP contribution in [0, 0.1) is 0 Å². The Morgan fingerprint density at radius 2 is 2.17 bits per heavy atom. The van der Waals surface area contributed by atoms with E-state index in [1.54, 1.807) is 6.07 Å². The average molecular weight is 185 g/mol. The van der Waals surface area contributed by atoms with Crippen molar-refractivity contribution in [2.24, 2.45) is 0 Å². The van der Waals surface area contributed by atoms with Gasteiger partial charge in [-0.1, -0.05) is 11.6 Å². The first-order valence-corrected chi connectivity index (χ1v) is 4.29. The van der Waals surface area contributed by atoms with Crippen molar-refractivity contribution < 1.29 is 0 Å². The minimum Gasteiger partial charge on any atom is -0.397 e. The molecular weight excluding hydrogens is 172 g/mol. The van der Waals surface area contributed by atoms with Gasteiger partial charge in [-0.05, 0) is 25.1 Å². The molecule has 0 unspecified atom stereocenters. The molecule has 66 valence electrons. The highest BCUT2D eigenvalue weighted by Crippen LogP contribution is 2.25. The molecular formula is C9H13ClN2. The van der Waals surface area contributed by atoms with Gasteiger partial charge in [0.1, 0.15) is 0 Å². The van der Waals surface area contributed by atoms with E-state index >= 15 is 0 Å². The van der Waals surface area contributed by atoms with E-state index in [0.717, 1.165) is 17.9 Å². The number of hydrogen-bond acceptors (Lipinski definition) is 2. The normalized spacial score (nSPS) is 9.92. The van der Waals surface area contributed by atoms with Gasteiger partial charge >= 0.3 is 0 Å². The zero-order valence-corrected chi connectivity index (χ0v) is 8.10. The lowest BCUT2D eigenvalue weighted by Gasteiger charge is -2.18. The van der Waals surface area contributed by atoms with Gasteiger partial charge in [0.05, 0.1) is 11.4 Å². The maximum Gasteiger partial charge on any atom is 0.0598 e. The molecule has 0 bridgehead atoms. The van der Waals surface area contributed by atoms with Crippen LogP contribution in [0.1, 0.15) is 6.92 Å². The van der Waals surface area contributed by atoms with Crippen molar-refractivity contribution in [1.82, 2.24) is 0 Å².